The summed E-state index contributed by atoms with van der Waals surface area (Å²) in [5.74, 6) is 1.51. The lowest BCUT2D eigenvalue weighted by Gasteiger charge is -2.19. The summed E-state index contributed by atoms with van der Waals surface area (Å²) < 4.78 is 16.7. The summed E-state index contributed by atoms with van der Waals surface area (Å²) in [6.07, 6.45) is 0.283. The van der Waals surface area contributed by atoms with Crippen molar-refractivity contribution in [2.24, 2.45) is 0 Å². The van der Waals surface area contributed by atoms with Gasteiger partial charge in [0.1, 0.15) is 17.1 Å². The van der Waals surface area contributed by atoms with Gasteiger partial charge in [-0.15, -0.1) is 0 Å². The number of carbonyl (C=O) groups is 1. The number of alkyl carbamates (subject to hydrolysis) is 1. The Bertz CT molecular complexity index is 471. The third kappa shape index (κ3) is 7.22. The lowest BCUT2D eigenvalue weighted by atomic mass is 10.2. The Morgan fingerprint density at radius 3 is 2.62 bits per heavy atom. The molecule has 1 aromatic rings. The van der Waals surface area contributed by atoms with Crippen LogP contribution in [0.25, 0.3) is 0 Å². The fraction of sp³-hybridized carbons (Fsp3) is 0.533. The van der Waals surface area contributed by atoms with Gasteiger partial charge in [0.25, 0.3) is 0 Å². The first kappa shape index (κ1) is 17.6. The minimum atomic E-state index is -0.478. The zero-order valence-corrected chi connectivity index (χ0v) is 14.5. The number of carbonyl (C=O) groups excluding carboxylic acids is 1. The first-order valence-corrected chi connectivity index (χ1v) is 7.54. The molecular weight excluding hydrogens is 338 g/mol. The van der Waals surface area contributed by atoms with E-state index in [9.17, 15) is 4.79 Å². The molecule has 0 aliphatic carbocycles. The number of benzene rings is 1. The third-order valence-electron chi connectivity index (χ3n) is 2.39. The Kier molecular flexibility index (Phi) is 6.81. The summed E-state index contributed by atoms with van der Waals surface area (Å²) in [6.45, 7) is 6.49. The maximum atomic E-state index is 11.4. The Hall–Kier alpha value is -1.43. The number of hydrogen-bond acceptors (Lipinski definition) is 4. The highest BCUT2D eigenvalue weighted by Crippen LogP contribution is 2.29. The molecule has 1 rings (SSSR count). The molecule has 0 radical (unpaired) electrons. The van der Waals surface area contributed by atoms with E-state index < -0.39 is 11.7 Å². The van der Waals surface area contributed by atoms with Crippen LogP contribution in [-0.4, -0.2) is 32.0 Å². The molecule has 118 valence electrons. The lowest BCUT2D eigenvalue weighted by Crippen LogP contribution is -2.33. The topological polar surface area (TPSA) is 56.8 Å². The maximum absolute atomic E-state index is 11.4. The van der Waals surface area contributed by atoms with E-state index in [1.807, 2.05) is 39.0 Å². The van der Waals surface area contributed by atoms with E-state index in [-0.39, 0.29) is 0 Å². The van der Waals surface area contributed by atoms with Gasteiger partial charge in [-0.2, -0.15) is 0 Å². The van der Waals surface area contributed by atoms with Crippen molar-refractivity contribution in [3.63, 3.8) is 0 Å². The van der Waals surface area contributed by atoms with Crippen LogP contribution in [0, 0.1) is 0 Å². The molecule has 0 aliphatic rings. The predicted octanol–water partition coefficient (Wildman–Crippen LogP) is 3.75. The summed E-state index contributed by atoms with van der Waals surface area (Å²) in [7, 11) is 1.62. The molecule has 0 atom stereocenters. The van der Waals surface area contributed by atoms with E-state index in [2.05, 4.69) is 21.2 Å². The molecule has 5 nitrogen and oxygen atoms in total. The smallest absolute Gasteiger partial charge is 0.407 e. The predicted molar refractivity (Wildman–Crippen MR) is 85.0 cm³/mol. The van der Waals surface area contributed by atoms with Gasteiger partial charge in [0, 0.05) is 6.54 Å². The number of rotatable bonds is 6. The van der Waals surface area contributed by atoms with Gasteiger partial charge >= 0.3 is 6.09 Å². The fourth-order valence-corrected chi connectivity index (χ4v) is 1.96. The minimum Gasteiger partial charge on any atom is -0.497 e. The molecule has 0 fully saturated rings. The number of nitrogens with one attached hydrogen (secondary N) is 1. The third-order valence-corrected chi connectivity index (χ3v) is 3.01. The van der Waals surface area contributed by atoms with Crippen LogP contribution in [0.5, 0.6) is 11.5 Å². The summed E-state index contributed by atoms with van der Waals surface area (Å²) in [6, 6.07) is 5.51. The molecule has 0 heterocycles. The second-order valence-electron chi connectivity index (χ2n) is 5.43. The highest BCUT2D eigenvalue weighted by Gasteiger charge is 2.15. The van der Waals surface area contributed by atoms with Gasteiger partial charge in [-0.1, -0.05) is 0 Å². The Morgan fingerprint density at radius 2 is 2.05 bits per heavy atom. The molecular formula is C15H22BrNO4. The zero-order chi connectivity index (χ0) is 15.9. The Morgan fingerprint density at radius 1 is 1.33 bits per heavy atom. The number of ether oxygens (including phenoxy) is 3. The Labute approximate surface area is 134 Å². The summed E-state index contributed by atoms with van der Waals surface area (Å²) in [5, 5.41) is 2.69. The molecule has 1 aromatic carbocycles. The van der Waals surface area contributed by atoms with Gasteiger partial charge in [-0.3, -0.25) is 0 Å². The van der Waals surface area contributed by atoms with Gasteiger partial charge in [0.05, 0.1) is 18.2 Å². The van der Waals surface area contributed by atoms with E-state index in [1.165, 1.54) is 0 Å². The molecule has 0 aliphatic heterocycles. The molecule has 0 spiro atoms. The highest BCUT2D eigenvalue weighted by molar-refractivity contribution is 9.10. The maximum Gasteiger partial charge on any atom is 0.407 e. The monoisotopic (exact) mass is 359 g/mol. The van der Waals surface area contributed by atoms with Crippen LogP contribution < -0.4 is 14.8 Å². The number of methoxy groups -OCH3 is 1. The van der Waals surface area contributed by atoms with Crippen LogP contribution in [0.2, 0.25) is 0 Å². The summed E-state index contributed by atoms with van der Waals surface area (Å²) in [5.41, 5.74) is -0.478. The van der Waals surface area contributed by atoms with E-state index in [1.54, 1.807) is 7.11 Å². The van der Waals surface area contributed by atoms with Gasteiger partial charge in [-0.05, 0) is 61.3 Å². The van der Waals surface area contributed by atoms with Crippen LogP contribution >= 0.6 is 15.9 Å². The first-order chi connectivity index (χ1) is 9.81. The van der Waals surface area contributed by atoms with Crippen LogP contribution in [0.4, 0.5) is 4.79 Å². The van der Waals surface area contributed by atoms with Crippen molar-refractivity contribution in [1.82, 2.24) is 5.32 Å². The van der Waals surface area contributed by atoms with E-state index in [4.69, 9.17) is 14.2 Å². The van der Waals surface area contributed by atoms with Crippen molar-refractivity contribution in [3.05, 3.63) is 22.7 Å². The standard InChI is InChI=1S/C15H22BrNO4/c1-15(2,3)21-14(18)17-8-5-9-20-13-7-6-11(19-4)10-12(13)16/h6-7,10H,5,8-9H2,1-4H3,(H,17,18). The number of amides is 1. The minimum absolute atomic E-state index is 0.409. The van der Waals surface area contributed by atoms with Crippen molar-refractivity contribution in [1.29, 1.82) is 0 Å². The quantitative estimate of drug-likeness (QED) is 0.785. The van der Waals surface area contributed by atoms with Gasteiger partial charge in [0.2, 0.25) is 0 Å². The molecule has 1 N–H and O–H groups in total. The average Bonchev–Trinajstić information content (AvgIpc) is 2.37. The highest BCUT2D eigenvalue weighted by atomic mass is 79.9. The van der Waals surface area contributed by atoms with Crippen molar-refractivity contribution in [2.45, 2.75) is 32.8 Å². The van der Waals surface area contributed by atoms with Crippen molar-refractivity contribution in [2.75, 3.05) is 20.3 Å². The number of hydrogen-bond donors (Lipinski definition) is 1. The van der Waals surface area contributed by atoms with Crippen molar-refractivity contribution >= 4 is 22.0 Å². The largest absolute Gasteiger partial charge is 0.497 e. The number of halogens is 1. The molecule has 0 saturated carbocycles. The molecule has 21 heavy (non-hydrogen) atoms. The molecule has 0 aromatic heterocycles. The Balaban J connectivity index is 2.24. The molecule has 0 bridgehead atoms. The second-order valence-corrected chi connectivity index (χ2v) is 6.28. The van der Waals surface area contributed by atoms with Crippen LogP contribution in [0.3, 0.4) is 0 Å². The van der Waals surface area contributed by atoms with Gasteiger partial charge < -0.3 is 19.5 Å². The van der Waals surface area contributed by atoms with E-state index >= 15 is 0 Å². The van der Waals surface area contributed by atoms with Crippen LogP contribution in [-0.2, 0) is 4.74 Å². The molecule has 0 saturated heterocycles. The van der Waals surface area contributed by atoms with Gasteiger partial charge in [-0.25, -0.2) is 4.79 Å². The lowest BCUT2D eigenvalue weighted by molar-refractivity contribution is 0.0525. The first-order valence-electron chi connectivity index (χ1n) is 6.75. The van der Waals surface area contributed by atoms with Crippen LogP contribution in [0.1, 0.15) is 27.2 Å². The van der Waals surface area contributed by atoms with Crippen molar-refractivity contribution in [3.8, 4) is 11.5 Å². The SMILES string of the molecule is COc1ccc(OCCCNC(=O)OC(C)(C)C)c(Br)c1. The fourth-order valence-electron chi connectivity index (χ4n) is 1.48. The van der Waals surface area contributed by atoms with Gasteiger partial charge in [0.15, 0.2) is 0 Å². The summed E-state index contributed by atoms with van der Waals surface area (Å²) >= 11 is 3.42. The molecule has 1 amide bonds. The molecule has 6 heteroatoms. The van der Waals surface area contributed by atoms with E-state index in [0.29, 0.717) is 19.6 Å². The van der Waals surface area contributed by atoms with Crippen molar-refractivity contribution < 1.29 is 19.0 Å². The normalized spacial score (nSPS) is 10.9. The average molecular weight is 360 g/mol. The molecule has 0 unspecified atom stereocenters. The summed E-state index contributed by atoms with van der Waals surface area (Å²) in [4.78, 5) is 11.4. The second kappa shape index (κ2) is 8.12. The van der Waals surface area contributed by atoms with Crippen LogP contribution in [0.15, 0.2) is 22.7 Å². The van der Waals surface area contributed by atoms with E-state index in [0.717, 1.165) is 16.0 Å². The zero-order valence-electron chi connectivity index (χ0n) is 12.9.